The van der Waals surface area contributed by atoms with Crippen LogP contribution < -0.4 is 15.8 Å². The van der Waals surface area contributed by atoms with E-state index < -0.39 is 6.04 Å². The highest BCUT2D eigenvalue weighted by Gasteiger charge is 2.35. The summed E-state index contributed by atoms with van der Waals surface area (Å²) in [5, 5.41) is 11.3. The van der Waals surface area contributed by atoms with Crippen LogP contribution in [0.15, 0.2) is 71.5 Å². The van der Waals surface area contributed by atoms with Crippen molar-refractivity contribution in [3.05, 3.63) is 88.2 Å². The zero-order valence-corrected chi connectivity index (χ0v) is 17.5. The summed E-state index contributed by atoms with van der Waals surface area (Å²) < 4.78 is 0. The van der Waals surface area contributed by atoms with Crippen LogP contribution in [-0.2, 0) is 4.79 Å². The maximum absolute atomic E-state index is 13.2. The second kappa shape index (κ2) is 7.46. The first kappa shape index (κ1) is 19.7. The Balaban J connectivity index is 1.44. The molecule has 3 aromatic carbocycles. The van der Waals surface area contributed by atoms with Crippen molar-refractivity contribution in [1.29, 1.82) is 0 Å². The van der Waals surface area contributed by atoms with Gasteiger partial charge in [-0.15, -0.1) is 0 Å². The van der Waals surface area contributed by atoms with Crippen LogP contribution >= 0.6 is 0 Å². The van der Waals surface area contributed by atoms with Crippen LogP contribution in [0.2, 0.25) is 0 Å². The van der Waals surface area contributed by atoms with Gasteiger partial charge in [0.2, 0.25) is 5.91 Å². The van der Waals surface area contributed by atoms with Gasteiger partial charge in [-0.2, -0.15) is 5.10 Å². The van der Waals surface area contributed by atoms with Crippen LogP contribution in [0.4, 0.5) is 11.4 Å². The van der Waals surface area contributed by atoms with Crippen molar-refractivity contribution in [2.75, 3.05) is 10.2 Å². The molecule has 32 heavy (non-hydrogen) atoms. The molecule has 1 atom stereocenters. The van der Waals surface area contributed by atoms with Crippen molar-refractivity contribution in [2.24, 2.45) is 0 Å². The highest BCUT2D eigenvalue weighted by Crippen LogP contribution is 2.38. The lowest BCUT2D eigenvalue weighted by Gasteiger charge is -2.25. The van der Waals surface area contributed by atoms with Crippen molar-refractivity contribution in [1.82, 2.24) is 10.2 Å². The summed E-state index contributed by atoms with van der Waals surface area (Å²) in [5.41, 5.74) is 3.91. The van der Waals surface area contributed by atoms with Crippen molar-refractivity contribution < 1.29 is 9.59 Å². The highest BCUT2D eigenvalue weighted by atomic mass is 16.2. The first-order valence-electron chi connectivity index (χ1n) is 10.3. The van der Waals surface area contributed by atoms with Crippen molar-refractivity contribution in [2.45, 2.75) is 19.9 Å². The van der Waals surface area contributed by atoms with Crippen LogP contribution in [0.5, 0.6) is 0 Å². The number of amides is 2. The third-order valence-electron chi connectivity index (χ3n) is 5.83. The van der Waals surface area contributed by atoms with Crippen LogP contribution in [0, 0.1) is 6.92 Å². The summed E-state index contributed by atoms with van der Waals surface area (Å²) in [7, 11) is 0. The smallest absolute Gasteiger partial charge is 0.264 e. The molecule has 0 aliphatic carbocycles. The summed E-state index contributed by atoms with van der Waals surface area (Å²) in [4.78, 5) is 39.2. The Kier molecular flexibility index (Phi) is 4.59. The number of carbonyl (C=O) groups is 2. The number of hydrogen-bond acceptors (Lipinski definition) is 4. The van der Waals surface area contributed by atoms with Gasteiger partial charge in [-0.25, -0.2) is 5.10 Å². The fourth-order valence-electron chi connectivity index (χ4n) is 4.10. The van der Waals surface area contributed by atoms with Gasteiger partial charge in [0.15, 0.2) is 0 Å². The number of aromatic nitrogens is 2. The SMILES string of the molecule is Cc1ccc(-c2ccc(=O)[nH]n2)cc1NC(=O)C(C)N1C(=O)c2cccc3cccc1c23. The quantitative estimate of drug-likeness (QED) is 0.520. The van der Waals surface area contributed by atoms with Crippen LogP contribution in [0.3, 0.4) is 0 Å². The van der Waals surface area contributed by atoms with E-state index in [2.05, 4.69) is 15.5 Å². The molecule has 7 heteroatoms. The lowest BCUT2D eigenvalue weighted by atomic mass is 10.1. The van der Waals surface area contributed by atoms with E-state index in [1.54, 1.807) is 24.0 Å². The molecule has 1 aliphatic heterocycles. The molecule has 0 spiro atoms. The summed E-state index contributed by atoms with van der Waals surface area (Å²) in [6, 6.07) is 19.2. The second-order valence-corrected chi connectivity index (χ2v) is 7.86. The minimum absolute atomic E-state index is 0.178. The van der Waals surface area contributed by atoms with Crippen molar-refractivity contribution >= 4 is 34.0 Å². The molecular formula is C25H20N4O3. The molecule has 0 fully saturated rings. The average molecular weight is 424 g/mol. The van der Waals surface area contributed by atoms with Crippen molar-refractivity contribution in [3.8, 4) is 11.3 Å². The van der Waals surface area contributed by atoms with Crippen LogP contribution in [0.1, 0.15) is 22.8 Å². The van der Waals surface area contributed by atoms with Gasteiger partial charge >= 0.3 is 0 Å². The number of benzene rings is 3. The Morgan fingerprint density at radius 2 is 1.81 bits per heavy atom. The largest absolute Gasteiger partial charge is 0.324 e. The first-order chi connectivity index (χ1) is 15.4. The Hall–Kier alpha value is -4.26. The summed E-state index contributed by atoms with van der Waals surface area (Å²) in [6.07, 6.45) is 0. The zero-order valence-electron chi connectivity index (χ0n) is 17.5. The fourth-order valence-corrected chi connectivity index (χ4v) is 4.10. The monoisotopic (exact) mass is 424 g/mol. The molecule has 7 nitrogen and oxygen atoms in total. The van der Waals surface area contributed by atoms with Crippen LogP contribution in [0.25, 0.3) is 22.0 Å². The fraction of sp³-hybridized carbons (Fsp3) is 0.120. The van der Waals surface area contributed by atoms with E-state index in [9.17, 15) is 14.4 Å². The molecule has 0 bridgehead atoms. The molecule has 0 radical (unpaired) electrons. The Morgan fingerprint density at radius 1 is 1.03 bits per heavy atom. The molecule has 0 saturated heterocycles. The van der Waals surface area contributed by atoms with Gasteiger partial charge < -0.3 is 5.32 Å². The summed E-state index contributed by atoms with van der Waals surface area (Å²) >= 11 is 0. The maximum Gasteiger partial charge on any atom is 0.264 e. The molecular weight excluding hydrogens is 404 g/mol. The number of H-pyrrole nitrogens is 1. The summed E-state index contributed by atoms with van der Waals surface area (Å²) in [5.74, 6) is -0.472. The lowest BCUT2D eigenvalue weighted by molar-refractivity contribution is -0.117. The summed E-state index contributed by atoms with van der Waals surface area (Å²) in [6.45, 7) is 3.61. The minimum Gasteiger partial charge on any atom is -0.324 e. The highest BCUT2D eigenvalue weighted by molar-refractivity contribution is 6.27. The normalized spacial score (nSPS) is 13.4. The molecule has 2 heterocycles. The number of aromatic amines is 1. The third kappa shape index (κ3) is 3.15. The van der Waals surface area contributed by atoms with Crippen molar-refractivity contribution in [3.63, 3.8) is 0 Å². The van der Waals surface area contributed by atoms with E-state index in [1.165, 1.54) is 6.07 Å². The molecule has 2 N–H and O–H groups in total. The molecule has 2 amide bonds. The van der Waals surface area contributed by atoms with Gasteiger partial charge in [-0.3, -0.25) is 19.3 Å². The van der Waals surface area contributed by atoms with E-state index in [0.717, 1.165) is 27.6 Å². The number of aryl methyl sites for hydroxylation is 1. The van der Waals surface area contributed by atoms with Gasteiger partial charge in [-0.05, 0) is 49.1 Å². The molecule has 1 unspecified atom stereocenters. The van der Waals surface area contributed by atoms with Gasteiger partial charge in [0, 0.05) is 28.3 Å². The second-order valence-electron chi connectivity index (χ2n) is 7.86. The van der Waals surface area contributed by atoms with E-state index in [1.807, 2.05) is 55.5 Å². The maximum atomic E-state index is 13.2. The van der Waals surface area contributed by atoms with Gasteiger partial charge in [-0.1, -0.05) is 36.4 Å². The predicted molar refractivity (Wildman–Crippen MR) is 124 cm³/mol. The molecule has 1 aromatic heterocycles. The predicted octanol–water partition coefficient (Wildman–Crippen LogP) is 3.89. The number of nitrogens with one attached hydrogen (secondary N) is 2. The standard InChI is InChI=1S/C25H20N4O3/c1-14-9-10-17(19-11-12-22(30)28-27-19)13-20(14)26-24(31)15(2)29-21-8-4-6-16-5-3-7-18(23(16)21)25(29)32/h3-13,15H,1-2H3,(H,26,31)(H,28,30). The average Bonchev–Trinajstić information content (AvgIpc) is 3.09. The molecule has 158 valence electrons. The zero-order chi connectivity index (χ0) is 22.4. The number of anilines is 2. The lowest BCUT2D eigenvalue weighted by Crippen LogP contribution is -2.44. The minimum atomic E-state index is -0.713. The third-order valence-corrected chi connectivity index (χ3v) is 5.83. The first-order valence-corrected chi connectivity index (χ1v) is 10.3. The number of rotatable bonds is 4. The van der Waals surface area contributed by atoms with E-state index in [-0.39, 0.29) is 17.4 Å². The topological polar surface area (TPSA) is 95.2 Å². The van der Waals surface area contributed by atoms with Crippen LogP contribution in [-0.4, -0.2) is 28.1 Å². The van der Waals surface area contributed by atoms with Gasteiger partial charge in [0.1, 0.15) is 6.04 Å². The van der Waals surface area contributed by atoms with E-state index in [4.69, 9.17) is 0 Å². The molecule has 1 aliphatic rings. The molecule has 4 aromatic rings. The Bertz CT molecular complexity index is 1430. The number of nitrogens with zero attached hydrogens (tertiary/aromatic N) is 2. The number of hydrogen-bond donors (Lipinski definition) is 2. The molecule has 0 saturated carbocycles. The van der Waals surface area contributed by atoms with Gasteiger partial charge in [0.25, 0.3) is 11.5 Å². The van der Waals surface area contributed by atoms with Gasteiger partial charge in [0.05, 0.1) is 11.4 Å². The molecule has 5 rings (SSSR count). The Labute approximate surface area is 183 Å². The Morgan fingerprint density at radius 3 is 2.56 bits per heavy atom. The van der Waals surface area contributed by atoms with E-state index in [0.29, 0.717) is 16.9 Å². The number of carbonyl (C=O) groups excluding carboxylic acids is 2. The van der Waals surface area contributed by atoms with E-state index >= 15 is 0 Å².